The van der Waals surface area contributed by atoms with Crippen LogP contribution in [0.5, 0.6) is 0 Å². The monoisotopic (exact) mass is 434 g/mol. The average molecular weight is 435 g/mol. The molecule has 3 aliphatic carbocycles. The zero-order valence-corrected chi connectivity index (χ0v) is 18.4. The lowest BCUT2D eigenvalue weighted by molar-refractivity contribution is -0.129. The molecule has 0 radical (unpaired) electrons. The standard InChI is InChI=1S/C23H34N4O2.ClH/c24-19-13-17-9-6-10-18(14-19)20(17)26-21(28)23(11-4-5-12-23)27-22(29)25-15-16-7-2-1-3-8-16;/h1-3,7-8,17-20H,4-6,9-15,24H2,(H,26,28)(H2,25,27,29);1H. The van der Waals surface area contributed by atoms with E-state index >= 15 is 0 Å². The Morgan fingerprint density at radius 3 is 2.27 bits per heavy atom. The second kappa shape index (κ2) is 10.0. The lowest BCUT2D eigenvalue weighted by Gasteiger charge is -2.46. The van der Waals surface area contributed by atoms with Gasteiger partial charge in [0.15, 0.2) is 0 Å². The van der Waals surface area contributed by atoms with Gasteiger partial charge in [-0.25, -0.2) is 4.79 Å². The molecule has 2 bridgehead atoms. The number of rotatable bonds is 5. The molecule has 3 saturated carbocycles. The lowest BCUT2D eigenvalue weighted by atomic mass is 9.66. The van der Waals surface area contributed by atoms with E-state index in [9.17, 15) is 9.59 Å². The fourth-order valence-corrected chi connectivity index (χ4v) is 5.74. The highest BCUT2D eigenvalue weighted by Crippen LogP contribution is 2.40. The van der Waals surface area contributed by atoms with E-state index in [1.54, 1.807) is 0 Å². The summed E-state index contributed by atoms with van der Waals surface area (Å²) in [7, 11) is 0. The predicted octanol–water partition coefficient (Wildman–Crippen LogP) is 3.24. The number of nitrogens with one attached hydrogen (secondary N) is 3. The van der Waals surface area contributed by atoms with E-state index in [0.29, 0.717) is 31.2 Å². The quantitative estimate of drug-likeness (QED) is 0.572. The summed E-state index contributed by atoms with van der Waals surface area (Å²) in [5, 5.41) is 9.31. The summed E-state index contributed by atoms with van der Waals surface area (Å²) < 4.78 is 0. The van der Waals surface area contributed by atoms with E-state index in [0.717, 1.165) is 44.1 Å². The first-order chi connectivity index (χ1) is 14.1. The number of amides is 3. The van der Waals surface area contributed by atoms with Crippen molar-refractivity contribution in [2.24, 2.45) is 17.6 Å². The van der Waals surface area contributed by atoms with E-state index < -0.39 is 5.54 Å². The second-order valence-electron chi connectivity index (χ2n) is 9.26. The molecule has 166 valence electrons. The van der Waals surface area contributed by atoms with Crippen molar-refractivity contribution in [2.75, 3.05) is 0 Å². The number of hydrogen-bond donors (Lipinski definition) is 4. The molecule has 3 amide bonds. The molecule has 30 heavy (non-hydrogen) atoms. The van der Waals surface area contributed by atoms with Gasteiger partial charge in [-0.1, -0.05) is 49.6 Å². The molecule has 3 fully saturated rings. The number of carbonyl (C=O) groups is 2. The van der Waals surface area contributed by atoms with Crippen LogP contribution in [-0.4, -0.2) is 29.6 Å². The van der Waals surface area contributed by atoms with Crippen LogP contribution in [0, 0.1) is 11.8 Å². The zero-order valence-electron chi connectivity index (χ0n) is 17.6. The Hall–Kier alpha value is -1.79. The van der Waals surface area contributed by atoms with Gasteiger partial charge in [0.2, 0.25) is 5.91 Å². The number of urea groups is 1. The molecule has 3 aliphatic rings. The van der Waals surface area contributed by atoms with Gasteiger partial charge in [0.1, 0.15) is 5.54 Å². The number of nitrogens with two attached hydrogens (primary N) is 1. The summed E-state index contributed by atoms with van der Waals surface area (Å²) in [6.07, 6.45) is 8.88. The van der Waals surface area contributed by atoms with Crippen LogP contribution in [-0.2, 0) is 11.3 Å². The fraction of sp³-hybridized carbons (Fsp3) is 0.652. The number of benzene rings is 1. The largest absolute Gasteiger partial charge is 0.351 e. The molecule has 7 heteroatoms. The smallest absolute Gasteiger partial charge is 0.315 e. The van der Waals surface area contributed by atoms with Crippen molar-refractivity contribution in [1.29, 1.82) is 0 Å². The van der Waals surface area contributed by atoms with Gasteiger partial charge in [-0.2, -0.15) is 0 Å². The molecule has 0 saturated heterocycles. The average Bonchev–Trinajstić information content (AvgIpc) is 3.17. The molecule has 0 heterocycles. The van der Waals surface area contributed by atoms with E-state index in [4.69, 9.17) is 5.73 Å². The van der Waals surface area contributed by atoms with Crippen LogP contribution >= 0.6 is 12.4 Å². The molecule has 1 aromatic rings. The molecule has 0 spiro atoms. The van der Waals surface area contributed by atoms with Crippen LogP contribution in [0.3, 0.4) is 0 Å². The third-order valence-electron chi connectivity index (χ3n) is 7.21. The van der Waals surface area contributed by atoms with Crippen molar-refractivity contribution >= 4 is 24.3 Å². The molecule has 2 unspecified atom stereocenters. The van der Waals surface area contributed by atoms with Gasteiger partial charge in [0.25, 0.3) is 0 Å². The third-order valence-corrected chi connectivity index (χ3v) is 7.21. The summed E-state index contributed by atoms with van der Waals surface area (Å²) in [5.41, 5.74) is 6.49. The summed E-state index contributed by atoms with van der Waals surface area (Å²) >= 11 is 0. The maximum atomic E-state index is 13.4. The van der Waals surface area contributed by atoms with Crippen LogP contribution in [0.1, 0.15) is 63.4 Å². The Morgan fingerprint density at radius 1 is 1.00 bits per heavy atom. The van der Waals surface area contributed by atoms with Gasteiger partial charge in [-0.15, -0.1) is 12.4 Å². The van der Waals surface area contributed by atoms with Crippen LogP contribution in [0.4, 0.5) is 4.79 Å². The van der Waals surface area contributed by atoms with Crippen molar-refractivity contribution in [3.8, 4) is 0 Å². The summed E-state index contributed by atoms with van der Waals surface area (Å²) in [6.45, 7) is 0.453. The Labute approximate surface area is 185 Å². The van der Waals surface area contributed by atoms with E-state index in [1.807, 2.05) is 30.3 Å². The van der Waals surface area contributed by atoms with Crippen molar-refractivity contribution in [2.45, 2.75) is 82.0 Å². The van der Waals surface area contributed by atoms with Gasteiger partial charge in [0.05, 0.1) is 0 Å². The number of carbonyl (C=O) groups excluding carboxylic acids is 2. The Morgan fingerprint density at radius 2 is 1.63 bits per heavy atom. The molecular weight excluding hydrogens is 400 g/mol. The third kappa shape index (κ3) is 5.09. The molecule has 4 rings (SSSR count). The first-order valence-corrected chi connectivity index (χ1v) is 11.2. The molecule has 5 N–H and O–H groups in total. The maximum absolute atomic E-state index is 13.4. The Bertz CT molecular complexity index is 709. The van der Waals surface area contributed by atoms with Gasteiger partial charge in [0, 0.05) is 18.6 Å². The highest BCUT2D eigenvalue weighted by Gasteiger charge is 2.46. The minimum absolute atomic E-state index is 0. The SMILES string of the molecule is Cl.NC1CC2CCCC(C1)C2NC(=O)C1(NC(=O)NCc2ccccc2)CCCC1. The van der Waals surface area contributed by atoms with Gasteiger partial charge >= 0.3 is 6.03 Å². The molecule has 6 nitrogen and oxygen atoms in total. The minimum Gasteiger partial charge on any atom is -0.351 e. The van der Waals surface area contributed by atoms with Crippen molar-refractivity contribution in [1.82, 2.24) is 16.0 Å². The molecule has 0 aliphatic heterocycles. The van der Waals surface area contributed by atoms with Crippen molar-refractivity contribution < 1.29 is 9.59 Å². The molecule has 2 atom stereocenters. The number of fused-ring (bicyclic) bond motifs is 2. The van der Waals surface area contributed by atoms with Crippen molar-refractivity contribution in [3.05, 3.63) is 35.9 Å². The number of hydrogen-bond acceptors (Lipinski definition) is 3. The maximum Gasteiger partial charge on any atom is 0.315 e. The lowest BCUT2D eigenvalue weighted by Crippen LogP contribution is -2.63. The second-order valence-corrected chi connectivity index (χ2v) is 9.26. The van der Waals surface area contributed by atoms with Crippen molar-refractivity contribution in [3.63, 3.8) is 0 Å². The Kier molecular flexibility index (Phi) is 7.64. The van der Waals surface area contributed by atoms with E-state index in [-0.39, 0.29) is 36.4 Å². The van der Waals surface area contributed by atoms with E-state index in [2.05, 4.69) is 16.0 Å². The van der Waals surface area contributed by atoms with Gasteiger partial charge < -0.3 is 21.7 Å². The highest BCUT2D eigenvalue weighted by molar-refractivity contribution is 5.91. The highest BCUT2D eigenvalue weighted by atomic mass is 35.5. The minimum atomic E-state index is -0.783. The van der Waals surface area contributed by atoms with Crippen LogP contribution in [0.25, 0.3) is 0 Å². The number of halogens is 1. The zero-order chi connectivity index (χ0) is 20.3. The fourth-order valence-electron chi connectivity index (χ4n) is 5.74. The van der Waals surface area contributed by atoms with Gasteiger partial charge in [-0.05, 0) is 55.9 Å². The first-order valence-electron chi connectivity index (χ1n) is 11.2. The molecular formula is C23H35ClN4O2. The molecule has 0 aromatic heterocycles. The summed E-state index contributed by atoms with van der Waals surface area (Å²) in [5.74, 6) is 0.959. The van der Waals surface area contributed by atoms with Crippen LogP contribution in [0.15, 0.2) is 30.3 Å². The predicted molar refractivity (Wildman–Crippen MR) is 120 cm³/mol. The van der Waals surface area contributed by atoms with E-state index in [1.165, 1.54) is 6.42 Å². The van der Waals surface area contributed by atoms with Crippen LogP contribution in [0.2, 0.25) is 0 Å². The molecule has 1 aromatic carbocycles. The first kappa shape index (κ1) is 22.9. The van der Waals surface area contributed by atoms with Crippen LogP contribution < -0.4 is 21.7 Å². The summed E-state index contributed by atoms with van der Waals surface area (Å²) in [6, 6.07) is 10.0. The Balaban J connectivity index is 0.00000256. The van der Waals surface area contributed by atoms with Gasteiger partial charge in [-0.3, -0.25) is 4.79 Å². The summed E-state index contributed by atoms with van der Waals surface area (Å²) in [4.78, 5) is 26.0. The topological polar surface area (TPSA) is 96.2 Å². The normalized spacial score (nSPS) is 29.4.